The van der Waals surface area contributed by atoms with Gasteiger partial charge in [0.05, 0.1) is 0 Å². The lowest BCUT2D eigenvalue weighted by Gasteiger charge is -2.17. The summed E-state index contributed by atoms with van der Waals surface area (Å²) in [4.78, 5) is 10.2. The molecule has 2 nitrogen and oxygen atoms in total. The van der Waals surface area contributed by atoms with E-state index < -0.39 is 5.97 Å². The van der Waals surface area contributed by atoms with Crippen LogP contribution in [0.15, 0.2) is 12.2 Å². The van der Waals surface area contributed by atoms with Crippen molar-refractivity contribution in [2.24, 2.45) is 5.41 Å². The molecule has 0 atom stereocenters. The van der Waals surface area contributed by atoms with E-state index in [0.717, 1.165) is 0 Å². The number of carboxylic acid groups (broad SMARTS) is 1. The summed E-state index contributed by atoms with van der Waals surface area (Å²) in [5, 5.41) is 8.42. The molecule has 0 unspecified atom stereocenters. The molecule has 0 saturated heterocycles. The highest BCUT2D eigenvalue weighted by Gasteiger charge is 2.20. The molecule has 0 heterocycles. The van der Waals surface area contributed by atoms with Crippen molar-refractivity contribution in [2.75, 3.05) is 0 Å². The van der Waals surface area contributed by atoms with Crippen LogP contribution in [0.25, 0.3) is 0 Å². The van der Waals surface area contributed by atoms with Gasteiger partial charge >= 0.3 is 5.97 Å². The standard InChI is InChI=1S/C7H12O2.C3H8/c1-5(6(8)9)7(2,3)4;1-3-2/h1H2,2-4H3,(H,8,9);3H2,1-2H3. The molecule has 0 amide bonds. The van der Waals surface area contributed by atoms with Crippen molar-refractivity contribution in [1.29, 1.82) is 0 Å². The molecule has 0 aromatic carbocycles. The number of hydrogen-bond acceptors (Lipinski definition) is 1. The van der Waals surface area contributed by atoms with E-state index in [4.69, 9.17) is 5.11 Å². The molecule has 0 aliphatic carbocycles. The second-order valence-corrected chi connectivity index (χ2v) is 3.74. The Hall–Kier alpha value is -0.790. The molecule has 12 heavy (non-hydrogen) atoms. The van der Waals surface area contributed by atoms with Gasteiger partial charge in [-0.25, -0.2) is 4.79 Å². The summed E-state index contributed by atoms with van der Waals surface area (Å²) >= 11 is 0. The number of carboxylic acids is 1. The molecule has 72 valence electrons. The number of carbonyl (C=O) groups is 1. The van der Waals surface area contributed by atoms with E-state index in [9.17, 15) is 4.79 Å². The Labute approximate surface area is 75.3 Å². The Bertz CT molecular complexity index is 152. The van der Waals surface area contributed by atoms with Crippen LogP contribution >= 0.6 is 0 Å². The molecular formula is C10H20O2. The highest BCUT2D eigenvalue weighted by molar-refractivity contribution is 5.87. The van der Waals surface area contributed by atoms with Gasteiger partial charge in [0.25, 0.3) is 0 Å². The molecule has 0 aliphatic rings. The van der Waals surface area contributed by atoms with Gasteiger partial charge in [0.2, 0.25) is 0 Å². The van der Waals surface area contributed by atoms with Crippen molar-refractivity contribution in [3.05, 3.63) is 12.2 Å². The Morgan fingerprint density at radius 1 is 1.33 bits per heavy atom. The number of aliphatic carboxylic acids is 1. The van der Waals surface area contributed by atoms with Gasteiger partial charge in [-0.05, 0) is 5.41 Å². The highest BCUT2D eigenvalue weighted by atomic mass is 16.4. The van der Waals surface area contributed by atoms with Gasteiger partial charge in [-0.1, -0.05) is 47.6 Å². The largest absolute Gasteiger partial charge is 0.478 e. The van der Waals surface area contributed by atoms with Crippen LogP contribution in [0.1, 0.15) is 41.0 Å². The Morgan fingerprint density at radius 3 is 1.58 bits per heavy atom. The monoisotopic (exact) mass is 172 g/mol. The van der Waals surface area contributed by atoms with Crippen LogP contribution in [0.2, 0.25) is 0 Å². The molecule has 0 rings (SSSR count). The predicted octanol–water partition coefficient (Wildman–Crippen LogP) is 3.09. The smallest absolute Gasteiger partial charge is 0.331 e. The minimum atomic E-state index is -0.914. The Balaban J connectivity index is 0. The maximum Gasteiger partial charge on any atom is 0.331 e. The third-order valence-electron chi connectivity index (χ3n) is 1.16. The lowest BCUT2D eigenvalue weighted by Crippen LogP contribution is -2.15. The fourth-order valence-electron chi connectivity index (χ4n) is 0.321. The van der Waals surface area contributed by atoms with Gasteiger partial charge in [0.15, 0.2) is 0 Å². The molecule has 0 aliphatic heterocycles. The summed E-state index contributed by atoms with van der Waals surface area (Å²) in [6.07, 6.45) is 1.25. The molecule has 0 bridgehead atoms. The van der Waals surface area contributed by atoms with Crippen molar-refractivity contribution in [3.8, 4) is 0 Å². The lowest BCUT2D eigenvalue weighted by atomic mass is 9.88. The first-order valence-electron chi connectivity index (χ1n) is 4.20. The molecule has 2 heteroatoms. The maximum absolute atomic E-state index is 10.2. The van der Waals surface area contributed by atoms with Gasteiger partial charge in [0.1, 0.15) is 0 Å². The highest BCUT2D eigenvalue weighted by Crippen LogP contribution is 2.22. The van der Waals surface area contributed by atoms with Crippen molar-refractivity contribution in [2.45, 2.75) is 41.0 Å². The summed E-state index contributed by atoms with van der Waals surface area (Å²) in [5.74, 6) is -0.914. The minimum absolute atomic E-state index is 0.252. The van der Waals surface area contributed by atoms with E-state index in [1.54, 1.807) is 0 Å². The molecular weight excluding hydrogens is 152 g/mol. The average Bonchev–Trinajstić information content (AvgIpc) is 1.85. The molecule has 0 aromatic heterocycles. The Kier molecular flexibility index (Phi) is 6.67. The number of rotatable bonds is 1. The minimum Gasteiger partial charge on any atom is -0.478 e. The maximum atomic E-state index is 10.2. The van der Waals surface area contributed by atoms with E-state index in [1.165, 1.54) is 6.42 Å². The van der Waals surface area contributed by atoms with Gasteiger partial charge in [-0.15, -0.1) is 0 Å². The van der Waals surface area contributed by atoms with E-state index in [1.807, 2.05) is 20.8 Å². The summed E-state index contributed by atoms with van der Waals surface area (Å²) < 4.78 is 0. The van der Waals surface area contributed by atoms with E-state index in [-0.39, 0.29) is 11.0 Å². The fraction of sp³-hybridized carbons (Fsp3) is 0.700. The summed E-state index contributed by atoms with van der Waals surface area (Å²) in [6.45, 7) is 13.1. The normalized spacial score (nSPS) is 9.75. The van der Waals surface area contributed by atoms with Crippen LogP contribution in [0.5, 0.6) is 0 Å². The van der Waals surface area contributed by atoms with Crippen molar-refractivity contribution >= 4 is 5.97 Å². The SMILES string of the molecule is C=C(C(=O)O)C(C)(C)C.CCC. The Morgan fingerprint density at radius 2 is 1.58 bits per heavy atom. The van der Waals surface area contributed by atoms with Crippen LogP contribution in [-0.2, 0) is 4.79 Å². The second kappa shape index (κ2) is 5.81. The van der Waals surface area contributed by atoms with Gasteiger partial charge < -0.3 is 5.11 Å². The summed E-state index contributed by atoms with van der Waals surface area (Å²) in [7, 11) is 0. The fourth-order valence-corrected chi connectivity index (χ4v) is 0.321. The van der Waals surface area contributed by atoms with E-state index >= 15 is 0 Å². The molecule has 0 aromatic rings. The zero-order chi connectivity index (χ0) is 10.4. The van der Waals surface area contributed by atoms with Crippen LogP contribution in [0, 0.1) is 5.41 Å². The molecule has 0 spiro atoms. The zero-order valence-electron chi connectivity index (χ0n) is 8.77. The molecule has 0 fully saturated rings. The quantitative estimate of drug-likeness (QED) is 0.617. The molecule has 1 N–H and O–H groups in total. The molecule has 0 saturated carbocycles. The van der Waals surface area contributed by atoms with Crippen LogP contribution in [0.3, 0.4) is 0 Å². The van der Waals surface area contributed by atoms with Gasteiger partial charge in [-0.2, -0.15) is 0 Å². The lowest BCUT2D eigenvalue weighted by molar-refractivity contribution is -0.133. The van der Waals surface area contributed by atoms with Gasteiger partial charge in [-0.3, -0.25) is 0 Å². The molecule has 0 radical (unpaired) electrons. The van der Waals surface area contributed by atoms with Crippen molar-refractivity contribution < 1.29 is 9.90 Å². The average molecular weight is 172 g/mol. The first-order valence-corrected chi connectivity index (χ1v) is 4.20. The third kappa shape index (κ3) is 7.32. The zero-order valence-corrected chi connectivity index (χ0v) is 8.77. The topological polar surface area (TPSA) is 37.3 Å². The number of hydrogen-bond donors (Lipinski definition) is 1. The van der Waals surface area contributed by atoms with Crippen LogP contribution < -0.4 is 0 Å². The van der Waals surface area contributed by atoms with E-state index in [2.05, 4.69) is 20.4 Å². The van der Waals surface area contributed by atoms with E-state index in [0.29, 0.717) is 0 Å². The second-order valence-electron chi connectivity index (χ2n) is 3.74. The van der Waals surface area contributed by atoms with Gasteiger partial charge in [0, 0.05) is 5.57 Å². The first-order chi connectivity index (χ1) is 5.27. The summed E-state index contributed by atoms with van der Waals surface area (Å²) in [5.41, 5.74) is -0.0613. The predicted molar refractivity (Wildman–Crippen MR) is 52.2 cm³/mol. The van der Waals surface area contributed by atoms with Crippen molar-refractivity contribution in [1.82, 2.24) is 0 Å². The third-order valence-corrected chi connectivity index (χ3v) is 1.16. The van der Waals surface area contributed by atoms with Crippen molar-refractivity contribution in [3.63, 3.8) is 0 Å². The summed E-state index contributed by atoms with van der Waals surface area (Å²) in [6, 6.07) is 0. The first kappa shape index (κ1) is 13.8. The van der Waals surface area contributed by atoms with Crippen LogP contribution in [0.4, 0.5) is 0 Å². The van der Waals surface area contributed by atoms with Crippen LogP contribution in [-0.4, -0.2) is 11.1 Å².